The van der Waals surface area contributed by atoms with Gasteiger partial charge in [-0.05, 0) is 60.9 Å². The zero-order valence-electron chi connectivity index (χ0n) is 14.9. The Hall–Kier alpha value is -2.99. The van der Waals surface area contributed by atoms with Crippen LogP contribution in [0.4, 0.5) is 4.39 Å². The van der Waals surface area contributed by atoms with Crippen LogP contribution in [-0.2, 0) is 11.3 Å². The summed E-state index contributed by atoms with van der Waals surface area (Å²) >= 11 is 5.89. The molecule has 2 aromatic carbocycles. The summed E-state index contributed by atoms with van der Waals surface area (Å²) in [5.41, 5.74) is 1.39. The molecule has 1 aliphatic carbocycles. The highest BCUT2D eigenvalue weighted by molar-refractivity contribution is 6.30. The van der Waals surface area contributed by atoms with E-state index in [1.54, 1.807) is 47.4 Å². The number of nitrogens with zero attached hydrogens (tertiary/aromatic N) is 3. The molecule has 1 fully saturated rings. The first kappa shape index (κ1) is 18.4. The first-order valence-corrected chi connectivity index (χ1v) is 9.29. The second-order valence-corrected chi connectivity index (χ2v) is 7.03. The molecule has 0 atom stereocenters. The van der Waals surface area contributed by atoms with Crippen LogP contribution >= 0.6 is 11.6 Å². The molecule has 1 amide bonds. The molecule has 0 bridgehead atoms. The van der Waals surface area contributed by atoms with E-state index in [0.717, 1.165) is 18.4 Å². The summed E-state index contributed by atoms with van der Waals surface area (Å²) < 4.78 is 19.0. The van der Waals surface area contributed by atoms with E-state index in [9.17, 15) is 9.18 Å². The van der Waals surface area contributed by atoms with Crippen LogP contribution < -0.4 is 0 Å². The van der Waals surface area contributed by atoms with Crippen molar-refractivity contribution >= 4 is 23.6 Å². The predicted octanol–water partition coefficient (Wildman–Crippen LogP) is 4.73. The van der Waals surface area contributed by atoms with E-state index < -0.39 is 0 Å². The molecule has 0 N–H and O–H groups in total. The van der Waals surface area contributed by atoms with Crippen molar-refractivity contribution in [2.24, 2.45) is 0 Å². The van der Waals surface area contributed by atoms with Gasteiger partial charge in [0.25, 0.3) is 0 Å². The number of rotatable bonds is 6. The van der Waals surface area contributed by atoms with Gasteiger partial charge in [-0.2, -0.15) is 0 Å². The average molecular weight is 398 g/mol. The third kappa shape index (κ3) is 4.46. The van der Waals surface area contributed by atoms with E-state index >= 15 is 0 Å². The normalized spacial score (nSPS) is 13.8. The van der Waals surface area contributed by atoms with Crippen molar-refractivity contribution in [2.75, 3.05) is 0 Å². The lowest BCUT2D eigenvalue weighted by Crippen LogP contribution is -2.31. The molecule has 0 radical (unpaired) electrons. The lowest BCUT2D eigenvalue weighted by atomic mass is 10.2. The largest absolute Gasteiger partial charge is 0.419 e. The summed E-state index contributed by atoms with van der Waals surface area (Å²) in [6, 6.07) is 13.3. The maximum absolute atomic E-state index is 13.3. The van der Waals surface area contributed by atoms with Crippen LogP contribution in [-0.4, -0.2) is 27.0 Å². The molecule has 0 spiro atoms. The van der Waals surface area contributed by atoms with Crippen molar-refractivity contribution in [3.8, 4) is 11.5 Å². The van der Waals surface area contributed by atoms with E-state index in [-0.39, 0.29) is 24.3 Å². The minimum absolute atomic E-state index is 0.163. The Balaban J connectivity index is 1.47. The third-order valence-electron chi connectivity index (χ3n) is 4.40. The van der Waals surface area contributed by atoms with Crippen LogP contribution in [0.15, 0.2) is 59.0 Å². The molecule has 1 aliphatic rings. The van der Waals surface area contributed by atoms with Gasteiger partial charge in [-0.25, -0.2) is 4.39 Å². The molecule has 28 heavy (non-hydrogen) atoms. The van der Waals surface area contributed by atoms with E-state index in [1.807, 2.05) is 0 Å². The molecule has 4 rings (SSSR count). The van der Waals surface area contributed by atoms with Gasteiger partial charge in [0.05, 0.1) is 6.54 Å². The molecule has 142 valence electrons. The van der Waals surface area contributed by atoms with Gasteiger partial charge in [-0.1, -0.05) is 23.7 Å². The molecule has 7 heteroatoms. The first-order valence-electron chi connectivity index (χ1n) is 8.91. The molecule has 3 aromatic rings. The summed E-state index contributed by atoms with van der Waals surface area (Å²) in [7, 11) is 0. The summed E-state index contributed by atoms with van der Waals surface area (Å²) in [5.74, 6) is 0.238. The lowest BCUT2D eigenvalue weighted by Gasteiger charge is -2.18. The van der Waals surface area contributed by atoms with Gasteiger partial charge in [0.15, 0.2) is 0 Å². The Bertz CT molecular complexity index is 1010. The fourth-order valence-electron chi connectivity index (χ4n) is 2.82. The SMILES string of the molecule is O=C(C=Cc1cccc(F)c1)N(Cc1nnc(-c2ccc(Cl)cc2)o1)C1CC1. The molecule has 0 aliphatic heterocycles. The molecule has 0 saturated heterocycles. The lowest BCUT2D eigenvalue weighted by molar-refractivity contribution is -0.127. The number of aromatic nitrogens is 2. The van der Waals surface area contributed by atoms with Gasteiger partial charge in [0.2, 0.25) is 17.7 Å². The van der Waals surface area contributed by atoms with Crippen LogP contribution in [0.3, 0.4) is 0 Å². The van der Waals surface area contributed by atoms with Gasteiger partial charge < -0.3 is 9.32 Å². The Kier molecular flexibility index (Phi) is 5.21. The highest BCUT2D eigenvalue weighted by Gasteiger charge is 2.32. The Morgan fingerprint density at radius 2 is 2.00 bits per heavy atom. The van der Waals surface area contributed by atoms with E-state index in [0.29, 0.717) is 22.4 Å². The molecular formula is C21H17ClFN3O2. The molecule has 1 heterocycles. The zero-order chi connectivity index (χ0) is 19.5. The summed E-state index contributed by atoms with van der Waals surface area (Å²) in [5, 5.41) is 8.74. The Labute approximate surface area is 166 Å². The maximum Gasteiger partial charge on any atom is 0.247 e. The number of hydrogen-bond acceptors (Lipinski definition) is 4. The number of halogens is 2. The van der Waals surface area contributed by atoms with Crippen LogP contribution in [0.2, 0.25) is 5.02 Å². The van der Waals surface area contributed by atoms with E-state index in [2.05, 4.69) is 10.2 Å². The smallest absolute Gasteiger partial charge is 0.247 e. The van der Waals surface area contributed by atoms with Crippen molar-refractivity contribution in [3.63, 3.8) is 0 Å². The highest BCUT2D eigenvalue weighted by Crippen LogP contribution is 2.29. The van der Waals surface area contributed by atoms with Gasteiger partial charge >= 0.3 is 0 Å². The number of amides is 1. The van der Waals surface area contributed by atoms with Crippen LogP contribution in [0.5, 0.6) is 0 Å². The van der Waals surface area contributed by atoms with Crippen molar-refractivity contribution in [2.45, 2.75) is 25.4 Å². The van der Waals surface area contributed by atoms with Gasteiger partial charge in [-0.15, -0.1) is 10.2 Å². The minimum Gasteiger partial charge on any atom is -0.419 e. The number of carbonyl (C=O) groups excluding carboxylic acids is 1. The summed E-state index contributed by atoms with van der Waals surface area (Å²) in [4.78, 5) is 14.3. The van der Waals surface area contributed by atoms with Gasteiger partial charge in [0.1, 0.15) is 5.82 Å². The maximum atomic E-state index is 13.3. The second kappa shape index (κ2) is 7.94. The van der Waals surface area contributed by atoms with Gasteiger partial charge in [-0.3, -0.25) is 4.79 Å². The second-order valence-electron chi connectivity index (χ2n) is 6.59. The Morgan fingerprint density at radius 3 is 2.71 bits per heavy atom. The van der Waals surface area contributed by atoms with Crippen LogP contribution in [0, 0.1) is 5.82 Å². The standard InChI is InChI=1S/C21H17ClFN3O2/c22-16-7-5-15(6-8-16)21-25-24-19(28-21)13-26(18-9-10-18)20(27)11-4-14-2-1-3-17(23)12-14/h1-8,11-12,18H,9-10,13H2. The number of benzene rings is 2. The molecule has 1 aromatic heterocycles. The van der Waals surface area contributed by atoms with Crippen molar-refractivity contribution in [3.05, 3.63) is 76.9 Å². The van der Waals surface area contributed by atoms with Gasteiger partial charge in [0, 0.05) is 22.7 Å². The third-order valence-corrected chi connectivity index (χ3v) is 4.65. The summed E-state index contributed by atoms with van der Waals surface area (Å²) in [6.45, 7) is 0.234. The fourth-order valence-corrected chi connectivity index (χ4v) is 2.95. The molecule has 1 saturated carbocycles. The van der Waals surface area contributed by atoms with Crippen LogP contribution in [0.1, 0.15) is 24.3 Å². The molecule has 0 unspecified atom stereocenters. The van der Waals surface area contributed by atoms with Crippen molar-refractivity contribution in [1.29, 1.82) is 0 Å². The molecular weight excluding hydrogens is 381 g/mol. The fraction of sp³-hybridized carbons (Fsp3) is 0.190. The quantitative estimate of drug-likeness (QED) is 0.564. The first-order chi connectivity index (χ1) is 13.6. The number of carbonyl (C=O) groups is 1. The highest BCUT2D eigenvalue weighted by atomic mass is 35.5. The Morgan fingerprint density at radius 1 is 1.21 bits per heavy atom. The molecule has 5 nitrogen and oxygen atoms in total. The monoisotopic (exact) mass is 397 g/mol. The van der Waals surface area contributed by atoms with Crippen molar-refractivity contribution in [1.82, 2.24) is 15.1 Å². The van der Waals surface area contributed by atoms with E-state index in [1.165, 1.54) is 18.2 Å². The number of hydrogen-bond donors (Lipinski definition) is 0. The van der Waals surface area contributed by atoms with E-state index in [4.69, 9.17) is 16.0 Å². The predicted molar refractivity (Wildman–Crippen MR) is 104 cm³/mol. The van der Waals surface area contributed by atoms with Crippen LogP contribution in [0.25, 0.3) is 17.5 Å². The minimum atomic E-state index is -0.339. The van der Waals surface area contributed by atoms with Crippen molar-refractivity contribution < 1.29 is 13.6 Å². The topological polar surface area (TPSA) is 59.2 Å². The zero-order valence-corrected chi connectivity index (χ0v) is 15.6. The summed E-state index contributed by atoms with van der Waals surface area (Å²) in [6.07, 6.45) is 4.94. The average Bonchev–Trinajstić information content (AvgIpc) is 3.43.